The lowest BCUT2D eigenvalue weighted by atomic mass is 10.1. The molecule has 70 valence electrons. The number of anilines is 2. The Morgan fingerprint density at radius 2 is 2.15 bits per heavy atom. The maximum atomic E-state index is 10.5. The number of hydrogen-bond acceptors (Lipinski definition) is 4. The standard InChI is InChI=1S/C8H11N3O2/c1-5-6(10-2)3-4-7(8(5)9)11(12)13/h3-4,10H,9H2,1-2H3. The van der Waals surface area contributed by atoms with Crippen LogP contribution in [-0.2, 0) is 0 Å². The summed E-state index contributed by atoms with van der Waals surface area (Å²) in [5.41, 5.74) is 7.27. The van der Waals surface area contributed by atoms with Gasteiger partial charge in [-0.3, -0.25) is 10.1 Å². The third kappa shape index (κ3) is 1.53. The lowest BCUT2D eigenvalue weighted by Gasteiger charge is -2.07. The molecule has 0 radical (unpaired) electrons. The van der Waals surface area contributed by atoms with E-state index in [0.29, 0.717) is 5.56 Å². The van der Waals surface area contributed by atoms with Gasteiger partial charge in [0.25, 0.3) is 5.69 Å². The van der Waals surface area contributed by atoms with Gasteiger partial charge in [0.1, 0.15) is 5.69 Å². The first kappa shape index (κ1) is 9.31. The van der Waals surface area contributed by atoms with Gasteiger partial charge in [0.05, 0.1) is 4.92 Å². The Bertz CT molecular complexity index is 349. The van der Waals surface area contributed by atoms with Crippen LogP contribution in [0.15, 0.2) is 12.1 Å². The topological polar surface area (TPSA) is 81.2 Å². The van der Waals surface area contributed by atoms with E-state index in [1.54, 1.807) is 20.0 Å². The predicted octanol–water partition coefficient (Wildman–Crippen LogP) is 1.53. The van der Waals surface area contributed by atoms with Crippen molar-refractivity contribution < 1.29 is 4.92 Å². The molecule has 1 rings (SSSR count). The maximum Gasteiger partial charge on any atom is 0.292 e. The van der Waals surface area contributed by atoms with Crippen LogP contribution in [-0.4, -0.2) is 12.0 Å². The first-order valence-corrected chi connectivity index (χ1v) is 3.79. The summed E-state index contributed by atoms with van der Waals surface area (Å²) in [5.74, 6) is 0. The van der Waals surface area contributed by atoms with Gasteiger partial charge in [-0.2, -0.15) is 0 Å². The number of nitro groups is 1. The largest absolute Gasteiger partial charge is 0.393 e. The summed E-state index contributed by atoms with van der Waals surface area (Å²) in [5, 5.41) is 13.4. The van der Waals surface area contributed by atoms with Crippen molar-refractivity contribution in [2.75, 3.05) is 18.1 Å². The van der Waals surface area contributed by atoms with E-state index in [1.807, 2.05) is 0 Å². The van der Waals surface area contributed by atoms with Gasteiger partial charge in [-0.1, -0.05) is 0 Å². The molecule has 0 amide bonds. The molecule has 0 unspecified atom stereocenters. The number of rotatable bonds is 2. The van der Waals surface area contributed by atoms with E-state index in [2.05, 4.69) is 5.32 Å². The number of nitro benzene ring substituents is 1. The number of benzene rings is 1. The number of hydrogen-bond donors (Lipinski definition) is 2. The van der Waals surface area contributed by atoms with Gasteiger partial charge in [0.15, 0.2) is 0 Å². The van der Waals surface area contributed by atoms with Crippen LogP contribution in [0, 0.1) is 17.0 Å². The molecule has 0 aliphatic rings. The van der Waals surface area contributed by atoms with E-state index in [1.165, 1.54) is 6.07 Å². The molecule has 0 bridgehead atoms. The fraction of sp³-hybridized carbons (Fsp3) is 0.250. The smallest absolute Gasteiger partial charge is 0.292 e. The molecule has 0 fully saturated rings. The Labute approximate surface area is 75.7 Å². The van der Waals surface area contributed by atoms with Gasteiger partial charge in [-0.25, -0.2) is 0 Å². The van der Waals surface area contributed by atoms with Gasteiger partial charge < -0.3 is 11.1 Å². The van der Waals surface area contributed by atoms with Crippen molar-refractivity contribution in [1.29, 1.82) is 0 Å². The Kier molecular flexibility index (Phi) is 2.36. The van der Waals surface area contributed by atoms with Crippen LogP contribution in [0.3, 0.4) is 0 Å². The predicted molar refractivity (Wildman–Crippen MR) is 51.8 cm³/mol. The zero-order chi connectivity index (χ0) is 10.0. The summed E-state index contributed by atoms with van der Waals surface area (Å²) in [7, 11) is 1.74. The van der Waals surface area contributed by atoms with E-state index >= 15 is 0 Å². The molecule has 0 atom stereocenters. The fourth-order valence-corrected chi connectivity index (χ4v) is 1.14. The molecule has 5 nitrogen and oxygen atoms in total. The van der Waals surface area contributed by atoms with E-state index in [4.69, 9.17) is 5.73 Å². The Hall–Kier alpha value is -1.78. The average Bonchev–Trinajstić information content (AvgIpc) is 2.09. The van der Waals surface area contributed by atoms with Gasteiger partial charge >= 0.3 is 0 Å². The maximum absolute atomic E-state index is 10.5. The van der Waals surface area contributed by atoms with Crippen molar-refractivity contribution in [3.8, 4) is 0 Å². The molecule has 1 aromatic carbocycles. The summed E-state index contributed by atoms with van der Waals surface area (Å²) in [6.45, 7) is 1.74. The highest BCUT2D eigenvalue weighted by Gasteiger charge is 2.14. The first-order valence-electron chi connectivity index (χ1n) is 3.79. The van der Waals surface area contributed by atoms with Gasteiger partial charge in [-0.15, -0.1) is 0 Å². The van der Waals surface area contributed by atoms with Gasteiger partial charge in [0, 0.05) is 24.4 Å². The second-order valence-corrected chi connectivity index (χ2v) is 2.68. The monoisotopic (exact) mass is 181 g/mol. The molecule has 5 heteroatoms. The molecular formula is C8H11N3O2. The molecule has 1 aromatic rings. The molecule has 0 saturated heterocycles. The van der Waals surface area contributed by atoms with Crippen LogP contribution in [0.5, 0.6) is 0 Å². The van der Waals surface area contributed by atoms with Crippen molar-refractivity contribution in [3.05, 3.63) is 27.8 Å². The normalized spacial score (nSPS) is 9.69. The summed E-state index contributed by atoms with van der Waals surface area (Å²) < 4.78 is 0. The SMILES string of the molecule is CNc1ccc([N+](=O)[O-])c(N)c1C. The number of nitrogen functional groups attached to an aromatic ring is 1. The summed E-state index contributed by atoms with van der Waals surface area (Å²) in [6.07, 6.45) is 0. The van der Waals surface area contributed by atoms with Crippen molar-refractivity contribution in [1.82, 2.24) is 0 Å². The summed E-state index contributed by atoms with van der Waals surface area (Å²) in [6, 6.07) is 3.04. The van der Waals surface area contributed by atoms with Crippen molar-refractivity contribution >= 4 is 17.1 Å². The van der Waals surface area contributed by atoms with Crippen LogP contribution in [0.2, 0.25) is 0 Å². The van der Waals surface area contributed by atoms with E-state index in [9.17, 15) is 10.1 Å². The van der Waals surface area contributed by atoms with Crippen molar-refractivity contribution in [2.45, 2.75) is 6.92 Å². The highest BCUT2D eigenvalue weighted by Crippen LogP contribution is 2.29. The molecular weight excluding hydrogens is 170 g/mol. The number of nitrogens with two attached hydrogens (primary N) is 1. The van der Waals surface area contributed by atoms with Crippen LogP contribution < -0.4 is 11.1 Å². The van der Waals surface area contributed by atoms with Gasteiger partial charge in [-0.05, 0) is 13.0 Å². The third-order valence-electron chi connectivity index (χ3n) is 1.96. The molecule has 0 aliphatic heterocycles. The first-order chi connectivity index (χ1) is 6.07. The third-order valence-corrected chi connectivity index (χ3v) is 1.96. The minimum Gasteiger partial charge on any atom is -0.393 e. The molecule has 3 N–H and O–H groups in total. The Morgan fingerprint density at radius 3 is 2.62 bits per heavy atom. The van der Waals surface area contributed by atoms with E-state index in [0.717, 1.165) is 5.69 Å². The Morgan fingerprint density at radius 1 is 1.54 bits per heavy atom. The lowest BCUT2D eigenvalue weighted by molar-refractivity contribution is -0.383. The fourth-order valence-electron chi connectivity index (χ4n) is 1.14. The van der Waals surface area contributed by atoms with E-state index < -0.39 is 4.92 Å². The van der Waals surface area contributed by atoms with Gasteiger partial charge in [0.2, 0.25) is 0 Å². The quantitative estimate of drug-likeness (QED) is 0.412. The molecule has 13 heavy (non-hydrogen) atoms. The number of nitrogens with one attached hydrogen (secondary N) is 1. The molecule has 0 aliphatic carbocycles. The molecule has 0 spiro atoms. The lowest BCUT2D eigenvalue weighted by Crippen LogP contribution is -2.01. The van der Waals surface area contributed by atoms with Crippen molar-refractivity contribution in [3.63, 3.8) is 0 Å². The average molecular weight is 181 g/mol. The van der Waals surface area contributed by atoms with E-state index in [-0.39, 0.29) is 11.4 Å². The second kappa shape index (κ2) is 3.30. The zero-order valence-electron chi connectivity index (χ0n) is 7.50. The zero-order valence-corrected chi connectivity index (χ0v) is 7.50. The molecule has 0 heterocycles. The second-order valence-electron chi connectivity index (χ2n) is 2.68. The van der Waals surface area contributed by atoms with Crippen LogP contribution in [0.4, 0.5) is 17.1 Å². The highest BCUT2D eigenvalue weighted by molar-refractivity contribution is 5.72. The Balaban J connectivity index is 3.31. The minimum atomic E-state index is -0.484. The van der Waals surface area contributed by atoms with Crippen molar-refractivity contribution in [2.24, 2.45) is 0 Å². The summed E-state index contributed by atoms with van der Waals surface area (Å²) in [4.78, 5) is 9.99. The highest BCUT2D eigenvalue weighted by atomic mass is 16.6. The van der Waals surface area contributed by atoms with Crippen LogP contribution >= 0.6 is 0 Å². The molecule has 0 saturated carbocycles. The minimum absolute atomic E-state index is 0.0449. The van der Waals surface area contributed by atoms with Crippen LogP contribution in [0.1, 0.15) is 5.56 Å². The number of nitrogens with zero attached hydrogens (tertiary/aromatic N) is 1. The van der Waals surface area contributed by atoms with Crippen LogP contribution in [0.25, 0.3) is 0 Å². The molecule has 0 aromatic heterocycles. The summed E-state index contributed by atoms with van der Waals surface area (Å²) >= 11 is 0.